The van der Waals surface area contributed by atoms with Crippen molar-refractivity contribution in [1.29, 1.82) is 0 Å². The summed E-state index contributed by atoms with van der Waals surface area (Å²) in [5.41, 5.74) is 11.9. The van der Waals surface area contributed by atoms with Crippen molar-refractivity contribution in [2.45, 2.75) is 26.8 Å². The highest BCUT2D eigenvalue weighted by Crippen LogP contribution is 2.33. The summed E-state index contributed by atoms with van der Waals surface area (Å²) < 4.78 is 0. The maximum Gasteiger partial charge on any atom is 0.112 e. The fraction of sp³-hybridized carbons (Fsp3) is 0.357. The number of hydrogen-bond acceptors (Lipinski definition) is 4. The third-order valence-electron chi connectivity index (χ3n) is 3.45. The van der Waals surface area contributed by atoms with Crippen LogP contribution in [0.5, 0.6) is 0 Å². The lowest BCUT2D eigenvalue weighted by atomic mass is 10.1. The zero-order valence-electron chi connectivity index (χ0n) is 10.7. The van der Waals surface area contributed by atoms with E-state index in [0.29, 0.717) is 0 Å². The van der Waals surface area contributed by atoms with Crippen LogP contribution in [0.15, 0.2) is 17.5 Å². The number of hydrogen-bond donors (Lipinski definition) is 1. The number of nitrogens with zero attached hydrogens (tertiary/aromatic N) is 2. The van der Waals surface area contributed by atoms with Crippen LogP contribution in [0.1, 0.15) is 21.8 Å². The molecule has 0 aliphatic carbocycles. The van der Waals surface area contributed by atoms with Gasteiger partial charge in [-0.15, -0.1) is 11.3 Å². The Morgan fingerprint density at radius 1 is 1.39 bits per heavy atom. The van der Waals surface area contributed by atoms with E-state index in [2.05, 4.69) is 34.3 Å². The van der Waals surface area contributed by atoms with Crippen molar-refractivity contribution < 1.29 is 0 Å². The number of rotatable bonds is 2. The van der Waals surface area contributed by atoms with Gasteiger partial charge in [-0.2, -0.15) is 0 Å². The van der Waals surface area contributed by atoms with Gasteiger partial charge in [-0.05, 0) is 37.5 Å². The van der Waals surface area contributed by atoms with Gasteiger partial charge < -0.3 is 10.6 Å². The molecule has 0 saturated carbocycles. The lowest BCUT2D eigenvalue weighted by molar-refractivity contribution is 0.827. The van der Waals surface area contributed by atoms with Gasteiger partial charge in [0, 0.05) is 29.0 Å². The zero-order valence-corrected chi connectivity index (χ0v) is 11.5. The highest BCUT2D eigenvalue weighted by Gasteiger charge is 2.20. The number of benzene rings is 1. The summed E-state index contributed by atoms with van der Waals surface area (Å²) in [6.45, 7) is 6.08. The number of thiazole rings is 1. The molecule has 0 unspecified atom stereocenters. The zero-order chi connectivity index (χ0) is 12.7. The van der Waals surface area contributed by atoms with Gasteiger partial charge in [0.1, 0.15) is 5.01 Å². The van der Waals surface area contributed by atoms with Crippen LogP contribution >= 0.6 is 11.3 Å². The number of aromatic nitrogens is 1. The van der Waals surface area contributed by atoms with Crippen molar-refractivity contribution in [2.24, 2.45) is 0 Å². The van der Waals surface area contributed by atoms with Crippen LogP contribution in [-0.2, 0) is 13.0 Å². The van der Waals surface area contributed by atoms with Crippen molar-refractivity contribution in [1.82, 2.24) is 4.98 Å². The molecule has 0 spiro atoms. The monoisotopic (exact) mass is 259 g/mol. The summed E-state index contributed by atoms with van der Waals surface area (Å²) in [7, 11) is 0. The van der Waals surface area contributed by atoms with Gasteiger partial charge in [0.2, 0.25) is 0 Å². The molecule has 3 nitrogen and oxygen atoms in total. The Kier molecular flexibility index (Phi) is 2.74. The average Bonchev–Trinajstić information content (AvgIpc) is 2.89. The molecule has 1 aromatic heterocycles. The predicted octanol–water partition coefficient (Wildman–Crippen LogP) is 2.90. The van der Waals surface area contributed by atoms with E-state index >= 15 is 0 Å². The van der Waals surface area contributed by atoms with Crippen LogP contribution in [0.2, 0.25) is 0 Å². The molecule has 18 heavy (non-hydrogen) atoms. The van der Waals surface area contributed by atoms with Crippen molar-refractivity contribution >= 4 is 22.7 Å². The van der Waals surface area contributed by atoms with E-state index in [4.69, 9.17) is 5.73 Å². The Hall–Kier alpha value is -1.55. The molecule has 1 aliphatic heterocycles. The molecule has 94 valence electrons. The lowest BCUT2D eigenvalue weighted by Crippen LogP contribution is -2.19. The van der Waals surface area contributed by atoms with Crippen molar-refractivity contribution in [3.8, 4) is 0 Å². The SMILES string of the molecule is Cc1csc(CN2CCc3cc(C)c(N)cc32)n1. The van der Waals surface area contributed by atoms with E-state index in [9.17, 15) is 0 Å². The Balaban J connectivity index is 1.88. The van der Waals surface area contributed by atoms with Crippen LogP contribution in [0.25, 0.3) is 0 Å². The van der Waals surface area contributed by atoms with Crippen molar-refractivity contribution in [3.63, 3.8) is 0 Å². The molecule has 2 heterocycles. The molecule has 1 aliphatic rings. The first-order valence-corrected chi connectivity index (χ1v) is 7.06. The highest BCUT2D eigenvalue weighted by atomic mass is 32.1. The largest absolute Gasteiger partial charge is 0.398 e. The number of nitrogens with two attached hydrogens (primary N) is 1. The number of nitrogen functional groups attached to an aromatic ring is 1. The van der Waals surface area contributed by atoms with E-state index in [-0.39, 0.29) is 0 Å². The molecule has 3 rings (SSSR count). The molecule has 0 bridgehead atoms. The van der Waals surface area contributed by atoms with E-state index in [1.807, 2.05) is 6.92 Å². The molecule has 1 aromatic carbocycles. The summed E-state index contributed by atoms with van der Waals surface area (Å²) in [5, 5.41) is 3.29. The Morgan fingerprint density at radius 3 is 2.94 bits per heavy atom. The maximum atomic E-state index is 6.01. The van der Waals surface area contributed by atoms with E-state index < -0.39 is 0 Å². The molecule has 0 fully saturated rings. The summed E-state index contributed by atoms with van der Waals surface area (Å²) >= 11 is 1.73. The third-order valence-corrected chi connectivity index (χ3v) is 4.40. The fourth-order valence-electron chi connectivity index (χ4n) is 2.45. The maximum absolute atomic E-state index is 6.01. The van der Waals surface area contributed by atoms with Gasteiger partial charge in [0.15, 0.2) is 0 Å². The summed E-state index contributed by atoms with van der Waals surface area (Å²) in [5.74, 6) is 0. The molecule has 0 saturated heterocycles. The topological polar surface area (TPSA) is 42.1 Å². The quantitative estimate of drug-likeness (QED) is 0.843. The summed E-state index contributed by atoms with van der Waals surface area (Å²) in [6, 6.07) is 4.33. The van der Waals surface area contributed by atoms with Gasteiger partial charge >= 0.3 is 0 Å². The average molecular weight is 259 g/mol. The second-order valence-corrected chi connectivity index (χ2v) is 5.83. The normalized spacial score (nSPS) is 14.0. The van der Waals surface area contributed by atoms with Gasteiger partial charge in [-0.1, -0.05) is 6.07 Å². The summed E-state index contributed by atoms with van der Waals surface area (Å²) in [4.78, 5) is 6.91. The van der Waals surface area contributed by atoms with E-state index in [0.717, 1.165) is 30.9 Å². The first-order valence-electron chi connectivity index (χ1n) is 6.18. The number of fused-ring (bicyclic) bond motifs is 1. The summed E-state index contributed by atoms with van der Waals surface area (Å²) in [6.07, 6.45) is 1.11. The molecule has 0 amide bonds. The molecule has 2 aromatic rings. The standard InChI is InChI=1S/C14H17N3S/c1-9-5-11-3-4-17(13(11)6-12(9)15)7-14-16-10(2)8-18-14/h5-6,8H,3-4,7,15H2,1-2H3. The van der Waals surface area contributed by atoms with Gasteiger partial charge in [0.05, 0.1) is 6.54 Å². The first kappa shape index (κ1) is 11.5. The van der Waals surface area contributed by atoms with Crippen molar-refractivity contribution in [3.05, 3.63) is 39.3 Å². The molecule has 0 atom stereocenters. The minimum atomic E-state index is 0.885. The van der Waals surface area contributed by atoms with Gasteiger partial charge in [-0.25, -0.2) is 4.98 Å². The van der Waals surface area contributed by atoms with Crippen molar-refractivity contribution in [2.75, 3.05) is 17.2 Å². The number of aryl methyl sites for hydroxylation is 2. The van der Waals surface area contributed by atoms with Crippen LogP contribution in [0.3, 0.4) is 0 Å². The molecule has 4 heteroatoms. The van der Waals surface area contributed by atoms with E-state index in [1.54, 1.807) is 11.3 Å². The highest BCUT2D eigenvalue weighted by molar-refractivity contribution is 7.09. The third kappa shape index (κ3) is 1.97. The smallest absolute Gasteiger partial charge is 0.112 e. The lowest BCUT2D eigenvalue weighted by Gasteiger charge is -2.18. The van der Waals surface area contributed by atoms with Gasteiger partial charge in [0.25, 0.3) is 0 Å². The second kappa shape index (κ2) is 4.28. The van der Waals surface area contributed by atoms with Crippen LogP contribution in [0.4, 0.5) is 11.4 Å². The fourth-order valence-corrected chi connectivity index (χ4v) is 3.23. The van der Waals surface area contributed by atoms with Crippen LogP contribution in [0, 0.1) is 13.8 Å². The number of anilines is 2. The van der Waals surface area contributed by atoms with Crippen LogP contribution in [-0.4, -0.2) is 11.5 Å². The Labute approximate surface area is 111 Å². The predicted molar refractivity (Wildman–Crippen MR) is 77.2 cm³/mol. The van der Waals surface area contributed by atoms with Gasteiger partial charge in [-0.3, -0.25) is 0 Å². The molecule has 0 radical (unpaired) electrons. The second-order valence-electron chi connectivity index (χ2n) is 4.89. The minimum Gasteiger partial charge on any atom is -0.398 e. The Morgan fingerprint density at radius 2 is 2.22 bits per heavy atom. The molecular weight excluding hydrogens is 242 g/mol. The molecular formula is C14H17N3S. The first-order chi connectivity index (χ1) is 8.63. The minimum absolute atomic E-state index is 0.885. The Bertz CT molecular complexity index is 589. The van der Waals surface area contributed by atoms with Crippen LogP contribution < -0.4 is 10.6 Å². The molecule has 2 N–H and O–H groups in total. The van der Waals surface area contributed by atoms with E-state index in [1.165, 1.54) is 21.8 Å².